The van der Waals surface area contributed by atoms with Gasteiger partial charge in [0.05, 0.1) is 5.69 Å². The van der Waals surface area contributed by atoms with Gasteiger partial charge in [0.25, 0.3) is 0 Å². The van der Waals surface area contributed by atoms with E-state index in [0.717, 1.165) is 49.9 Å². The minimum atomic E-state index is 0.214. The third-order valence-electron chi connectivity index (χ3n) is 4.72. The highest BCUT2D eigenvalue weighted by Gasteiger charge is 2.22. The molecule has 1 saturated heterocycles. The zero-order valence-corrected chi connectivity index (χ0v) is 14.6. The van der Waals surface area contributed by atoms with E-state index < -0.39 is 0 Å². The molecule has 2 aromatic rings. The average Bonchev–Trinajstić information content (AvgIpc) is 2.86. The fourth-order valence-electron chi connectivity index (χ4n) is 3.18. The molecular formula is C17H24N6O. The first-order valence-corrected chi connectivity index (χ1v) is 8.35. The first kappa shape index (κ1) is 16.4. The molecule has 0 bridgehead atoms. The van der Waals surface area contributed by atoms with Crippen LogP contribution < -0.4 is 4.90 Å². The van der Waals surface area contributed by atoms with Crippen molar-refractivity contribution in [3.05, 3.63) is 35.4 Å². The van der Waals surface area contributed by atoms with Crippen molar-refractivity contribution in [2.24, 2.45) is 7.05 Å². The lowest BCUT2D eigenvalue weighted by atomic mass is 10.1. The number of aromatic nitrogens is 4. The summed E-state index contributed by atoms with van der Waals surface area (Å²) in [7, 11) is 1.94. The van der Waals surface area contributed by atoms with Gasteiger partial charge in [0, 0.05) is 57.7 Å². The van der Waals surface area contributed by atoms with Gasteiger partial charge in [-0.1, -0.05) is 0 Å². The Morgan fingerprint density at radius 3 is 2.38 bits per heavy atom. The molecule has 1 aliphatic rings. The van der Waals surface area contributed by atoms with Crippen molar-refractivity contribution in [2.75, 3.05) is 31.1 Å². The lowest BCUT2D eigenvalue weighted by Gasteiger charge is -2.34. The number of carbonyl (C=O) groups excluding carboxylic acids is 1. The second-order valence-electron chi connectivity index (χ2n) is 6.19. The highest BCUT2D eigenvalue weighted by Crippen LogP contribution is 2.16. The molecule has 1 fully saturated rings. The van der Waals surface area contributed by atoms with E-state index in [0.29, 0.717) is 6.42 Å². The molecule has 0 radical (unpaired) electrons. The van der Waals surface area contributed by atoms with Gasteiger partial charge in [-0.2, -0.15) is 5.10 Å². The zero-order chi connectivity index (χ0) is 17.1. The maximum absolute atomic E-state index is 12.5. The molecule has 24 heavy (non-hydrogen) atoms. The number of carbonyl (C=O) groups is 1. The van der Waals surface area contributed by atoms with Crippen LogP contribution in [0.3, 0.4) is 0 Å². The van der Waals surface area contributed by atoms with E-state index in [1.807, 2.05) is 29.6 Å². The SMILES string of the molecule is Cc1nn(C)c(C)c1CCC(=O)N1CCN(c2ncccn2)CC1. The van der Waals surface area contributed by atoms with Crippen molar-refractivity contribution in [3.63, 3.8) is 0 Å². The number of hydrogen-bond donors (Lipinski definition) is 0. The summed E-state index contributed by atoms with van der Waals surface area (Å²) in [6.45, 7) is 7.06. The molecule has 2 aromatic heterocycles. The molecule has 0 aromatic carbocycles. The van der Waals surface area contributed by atoms with Gasteiger partial charge in [-0.25, -0.2) is 9.97 Å². The Morgan fingerprint density at radius 2 is 1.79 bits per heavy atom. The van der Waals surface area contributed by atoms with Gasteiger partial charge in [0.15, 0.2) is 0 Å². The van der Waals surface area contributed by atoms with Gasteiger partial charge in [-0.3, -0.25) is 9.48 Å². The van der Waals surface area contributed by atoms with Crippen molar-refractivity contribution >= 4 is 11.9 Å². The smallest absolute Gasteiger partial charge is 0.225 e. The number of piperazine rings is 1. The summed E-state index contributed by atoms with van der Waals surface area (Å²) in [5.41, 5.74) is 3.36. The molecule has 7 nitrogen and oxygen atoms in total. The quantitative estimate of drug-likeness (QED) is 0.841. The normalized spacial score (nSPS) is 15.0. The van der Waals surface area contributed by atoms with Gasteiger partial charge in [-0.05, 0) is 31.9 Å². The summed E-state index contributed by atoms with van der Waals surface area (Å²) in [6, 6.07) is 1.81. The minimum Gasteiger partial charge on any atom is -0.339 e. The molecule has 3 rings (SSSR count). The van der Waals surface area contributed by atoms with E-state index in [9.17, 15) is 4.79 Å². The van der Waals surface area contributed by atoms with Crippen molar-refractivity contribution in [1.82, 2.24) is 24.6 Å². The summed E-state index contributed by atoms with van der Waals surface area (Å²) in [5.74, 6) is 0.956. The standard InChI is InChI=1S/C17H24N6O/c1-13-15(14(2)21(3)20-13)5-6-16(24)22-9-11-23(12-10-22)17-18-7-4-8-19-17/h4,7-8H,5-6,9-12H2,1-3H3. The Labute approximate surface area is 142 Å². The topological polar surface area (TPSA) is 67.2 Å². The van der Waals surface area contributed by atoms with E-state index in [4.69, 9.17) is 0 Å². The van der Waals surface area contributed by atoms with E-state index in [-0.39, 0.29) is 5.91 Å². The molecule has 3 heterocycles. The lowest BCUT2D eigenvalue weighted by Crippen LogP contribution is -2.49. The molecule has 0 unspecified atom stereocenters. The zero-order valence-electron chi connectivity index (χ0n) is 14.6. The molecule has 1 aliphatic heterocycles. The fourth-order valence-corrected chi connectivity index (χ4v) is 3.18. The number of anilines is 1. The molecule has 0 spiro atoms. The Bertz CT molecular complexity index is 703. The van der Waals surface area contributed by atoms with E-state index in [1.54, 1.807) is 12.4 Å². The second kappa shape index (κ2) is 6.98. The monoisotopic (exact) mass is 328 g/mol. The number of aryl methyl sites for hydroxylation is 2. The van der Waals surface area contributed by atoms with Crippen LogP contribution in [-0.2, 0) is 18.3 Å². The first-order chi connectivity index (χ1) is 11.6. The lowest BCUT2D eigenvalue weighted by molar-refractivity contribution is -0.131. The summed E-state index contributed by atoms with van der Waals surface area (Å²) < 4.78 is 1.88. The third-order valence-corrected chi connectivity index (χ3v) is 4.72. The Hall–Kier alpha value is -2.44. The Balaban J connectivity index is 1.52. The second-order valence-corrected chi connectivity index (χ2v) is 6.19. The van der Waals surface area contributed by atoms with Gasteiger partial charge in [0.2, 0.25) is 11.9 Å². The van der Waals surface area contributed by atoms with Gasteiger partial charge < -0.3 is 9.80 Å². The minimum absolute atomic E-state index is 0.214. The van der Waals surface area contributed by atoms with E-state index >= 15 is 0 Å². The number of amides is 1. The number of hydrogen-bond acceptors (Lipinski definition) is 5. The number of rotatable bonds is 4. The van der Waals surface area contributed by atoms with Gasteiger partial charge >= 0.3 is 0 Å². The summed E-state index contributed by atoms with van der Waals surface area (Å²) in [4.78, 5) is 25.1. The van der Waals surface area contributed by atoms with Crippen LogP contribution in [0.25, 0.3) is 0 Å². The molecule has 1 amide bonds. The molecule has 7 heteroatoms. The van der Waals surface area contributed by atoms with Crippen LogP contribution in [0.1, 0.15) is 23.4 Å². The highest BCUT2D eigenvalue weighted by molar-refractivity contribution is 5.76. The first-order valence-electron chi connectivity index (χ1n) is 8.35. The fraction of sp³-hybridized carbons (Fsp3) is 0.529. The van der Waals surface area contributed by atoms with Gasteiger partial charge in [0.1, 0.15) is 0 Å². The molecular weight excluding hydrogens is 304 g/mol. The van der Waals surface area contributed by atoms with E-state index in [1.165, 1.54) is 5.56 Å². The van der Waals surface area contributed by atoms with Crippen molar-refractivity contribution < 1.29 is 4.79 Å². The van der Waals surface area contributed by atoms with Crippen LogP contribution >= 0.6 is 0 Å². The molecule has 0 saturated carbocycles. The van der Waals surface area contributed by atoms with Crippen LogP contribution in [0.15, 0.2) is 18.5 Å². The maximum Gasteiger partial charge on any atom is 0.225 e. The van der Waals surface area contributed by atoms with Crippen LogP contribution in [0.2, 0.25) is 0 Å². The highest BCUT2D eigenvalue weighted by atomic mass is 16.2. The molecule has 0 N–H and O–H groups in total. The predicted molar refractivity (Wildman–Crippen MR) is 91.8 cm³/mol. The van der Waals surface area contributed by atoms with Crippen LogP contribution in [0.4, 0.5) is 5.95 Å². The molecule has 128 valence electrons. The maximum atomic E-state index is 12.5. The summed E-state index contributed by atoms with van der Waals surface area (Å²) >= 11 is 0. The van der Waals surface area contributed by atoms with Crippen molar-refractivity contribution in [2.45, 2.75) is 26.7 Å². The average molecular weight is 328 g/mol. The van der Waals surface area contributed by atoms with Crippen LogP contribution in [0, 0.1) is 13.8 Å². The van der Waals surface area contributed by atoms with Crippen LogP contribution in [-0.4, -0.2) is 56.7 Å². The summed E-state index contributed by atoms with van der Waals surface area (Å²) in [5, 5.41) is 4.42. The largest absolute Gasteiger partial charge is 0.339 e. The van der Waals surface area contributed by atoms with Crippen molar-refractivity contribution in [3.8, 4) is 0 Å². The molecule has 0 atom stereocenters. The third kappa shape index (κ3) is 3.39. The van der Waals surface area contributed by atoms with Crippen molar-refractivity contribution in [1.29, 1.82) is 0 Å². The number of nitrogens with zero attached hydrogens (tertiary/aromatic N) is 6. The summed E-state index contributed by atoms with van der Waals surface area (Å²) in [6.07, 6.45) is 4.79. The van der Waals surface area contributed by atoms with Gasteiger partial charge in [-0.15, -0.1) is 0 Å². The molecule has 0 aliphatic carbocycles. The Morgan fingerprint density at radius 1 is 1.12 bits per heavy atom. The van der Waals surface area contributed by atoms with Crippen LogP contribution in [0.5, 0.6) is 0 Å². The van der Waals surface area contributed by atoms with E-state index in [2.05, 4.69) is 26.9 Å². The Kier molecular flexibility index (Phi) is 4.78. The predicted octanol–water partition coefficient (Wildman–Crippen LogP) is 1.11.